The zero-order valence-corrected chi connectivity index (χ0v) is 15.3. The Hall–Kier alpha value is -3.58. The number of anilines is 2. The van der Waals surface area contributed by atoms with Crippen LogP contribution in [0, 0.1) is 0 Å². The van der Waals surface area contributed by atoms with Crippen LogP contribution in [0.15, 0.2) is 103 Å². The summed E-state index contributed by atoms with van der Waals surface area (Å²) in [5.41, 5.74) is 5.61. The van der Waals surface area contributed by atoms with Crippen LogP contribution in [0.2, 0.25) is 1.41 Å². The van der Waals surface area contributed by atoms with Crippen LogP contribution in [-0.4, -0.2) is 0 Å². The Kier molecular flexibility index (Phi) is 3.08. The Morgan fingerprint density at radius 2 is 1.04 bits per heavy atom. The normalized spacial score (nSPS) is 14.0. The molecule has 1 heterocycles. The van der Waals surface area contributed by atoms with Crippen molar-refractivity contribution in [2.75, 3.05) is 5.31 Å². The molecule has 0 aromatic heterocycles. The fraction of sp³-hybridized carbons (Fsp3) is 0.0370. The van der Waals surface area contributed by atoms with Crippen molar-refractivity contribution in [2.24, 2.45) is 0 Å². The van der Waals surface area contributed by atoms with Crippen LogP contribution in [0.1, 0.15) is 22.6 Å². The highest BCUT2D eigenvalue weighted by Gasteiger charge is 2.29. The molecule has 0 fully saturated rings. The second-order valence-corrected chi connectivity index (χ2v) is 7.40. The summed E-state index contributed by atoms with van der Waals surface area (Å²) in [6.07, 6.45) is 0. The molecular formula is C27H19N. The van der Waals surface area contributed by atoms with E-state index in [4.69, 9.17) is 0 Å². The van der Waals surface area contributed by atoms with Crippen molar-refractivity contribution in [1.29, 1.82) is 0 Å². The molecule has 1 nitrogen and oxygen atoms in total. The average Bonchev–Trinajstić information content (AvgIpc) is 2.79. The third-order valence-corrected chi connectivity index (χ3v) is 5.84. The molecule has 1 aliphatic heterocycles. The molecule has 0 aliphatic carbocycles. The van der Waals surface area contributed by atoms with Crippen molar-refractivity contribution in [3.63, 3.8) is 0 Å². The van der Waals surface area contributed by atoms with Gasteiger partial charge in [-0.15, -0.1) is 0 Å². The number of hydrogen-bond acceptors (Lipinski definition) is 1. The highest BCUT2D eigenvalue weighted by molar-refractivity contribution is 6.05. The molecule has 1 heteroatoms. The number of hydrogen-bond donors (Lipinski definition) is 1. The van der Waals surface area contributed by atoms with E-state index in [1.54, 1.807) is 5.31 Å². The van der Waals surface area contributed by atoms with Gasteiger partial charge in [-0.2, -0.15) is 0 Å². The van der Waals surface area contributed by atoms with Crippen molar-refractivity contribution in [1.82, 2.24) is 0 Å². The smallest absolute Gasteiger partial charge is 0.167 e. The molecule has 0 spiro atoms. The van der Waals surface area contributed by atoms with E-state index < -0.39 is 0 Å². The first-order valence-electron chi connectivity index (χ1n) is 10.1. The number of fused-ring (bicyclic) bond motifs is 6. The SMILES string of the molecule is [2H]N1c2c(ccc3ccccc23)C(c2ccccc2)c2ccc3ccccc3c21. The fourth-order valence-corrected chi connectivity index (χ4v) is 4.54. The predicted octanol–water partition coefficient (Wildman–Crippen LogP) is 7.23. The van der Waals surface area contributed by atoms with Gasteiger partial charge in [0.05, 0.1) is 11.4 Å². The predicted molar refractivity (Wildman–Crippen MR) is 119 cm³/mol. The minimum atomic E-state index is 0.108. The minimum Gasteiger partial charge on any atom is -0.354 e. The first-order valence-corrected chi connectivity index (χ1v) is 9.70. The summed E-state index contributed by atoms with van der Waals surface area (Å²) >= 11 is 0. The van der Waals surface area contributed by atoms with Crippen LogP contribution in [0.3, 0.4) is 0 Å². The van der Waals surface area contributed by atoms with Gasteiger partial charge in [0.2, 0.25) is 0 Å². The summed E-state index contributed by atoms with van der Waals surface area (Å²) in [5.74, 6) is 0.108. The Labute approximate surface area is 165 Å². The van der Waals surface area contributed by atoms with Gasteiger partial charge in [0.25, 0.3) is 0 Å². The molecule has 5 aromatic carbocycles. The molecule has 1 N–H and O–H groups in total. The molecular weight excluding hydrogens is 338 g/mol. The molecule has 0 amide bonds. The first-order chi connectivity index (χ1) is 14.3. The highest BCUT2D eigenvalue weighted by atomic mass is 14.9. The molecule has 0 saturated carbocycles. The molecule has 28 heavy (non-hydrogen) atoms. The quantitative estimate of drug-likeness (QED) is 0.333. The zero-order valence-electron chi connectivity index (χ0n) is 16.3. The number of nitrogens with one attached hydrogen (secondary N) is 1. The summed E-state index contributed by atoms with van der Waals surface area (Å²) < 4.78 is 9.19. The maximum atomic E-state index is 9.19. The summed E-state index contributed by atoms with van der Waals surface area (Å²) in [5, 5.41) is 6.24. The van der Waals surface area contributed by atoms with Gasteiger partial charge in [0.1, 0.15) is 0 Å². The molecule has 0 saturated heterocycles. The van der Waals surface area contributed by atoms with Crippen molar-refractivity contribution >= 4 is 32.9 Å². The Morgan fingerprint density at radius 3 is 1.61 bits per heavy atom. The van der Waals surface area contributed by atoms with E-state index in [2.05, 4.69) is 103 Å². The van der Waals surface area contributed by atoms with Gasteiger partial charge in [-0.3, -0.25) is 0 Å². The Morgan fingerprint density at radius 1 is 0.536 bits per heavy atom. The third-order valence-electron chi connectivity index (χ3n) is 5.84. The second-order valence-electron chi connectivity index (χ2n) is 7.40. The van der Waals surface area contributed by atoms with Crippen LogP contribution in [0.5, 0.6) is 0 Å². The second kappa shape index (κ2) is 5.97. The van der Waals surface area contributed by atoms with Gasteiger partial charge in [0, 0.05) is 16.7 Å². The topological polar surface area (TPSA) is 12.0 Å². The van der Waals surface area contributed by atoms with Crippen LogP contribution < -0.4 is 5.31 Å². The van der Waals surface area contributed by atoms with Gasteiger partial charge in [-0.05, 0) is 27.5 Å². The molecule has 0 bridgehead atoms. The summed E-state index contributed by atoms with van der Waals surface area (Å²) in [7, 11) is 0. The summed E-state index contributed by atoms with van der Waals surface area (Å²) in [6.45, 7) is 0. The lowest BCUT2D eigenvalue weighted by atomic mass is 9.79. The maximum Gasteiger partial charge on any atom is 0.167 e. The van der Waals surface area contributed by atoms with E-state index in [0.29, 0.717) is 0 Å². The first kappa shape index (κ1) is 14.5. The van der Waals surface area contributed by atoms with E-state index in [-0.39, 0.29) is 5.92 Å². The maximum absolute atomic E-state index is 9.19. The molecule has 132 valence electrons. The van der Waals surface area contributed by atoms with Crippen LogP contribution >= 0.6 is 0 Å². The summed E-state index contributed by atoms with van der Waals surface area (Å²) in [4.78, 5) is 0. The van der Waals surface area contributed by atoms with Crippen molar-refractivity contribution in [3.05, 3.63) is 120 Å². The van der Waals surface area contributed by atoms with E-state index >= 15 is 0 Å². The van der Waals surface area contributed by atoms with Gasteiger partial charge >= 0.3 is 0 Å². The average molecular weight is 358 g/mol. The largest absolute Gasteiger partial charge is 0.354 e. The summed E-state index contributed by atoms with van der Waals surface area (Å²) in [6, 6.07) is 36.2. The Balaban J connectivity index is 1.76. The molecule has 0 radical (unpaired) electrons. The molecule has 0 unspecified atom stereocenters. The Bertz CT molecular complexity index is 1290. The third kappa shape index (κ3) is 2.20. The van der Waals surface area contributed by atoms with Crippen LogP contribution in [0.4, 0.5) is 11.4 Å². The van der Waals surface area contributed by atoms with Crippen LogP contribution in [-0.2, 0) is 0 Å². The van der Waals surface area contributed by atoms with E-state index in [1.165, 1.54) is 27.5 Å². The minimum absolute atomic E-state index is 0.108. The van der Waals surface area contributed by atoms with Gasteiger partial charge in [-0.25, -0.2) is 0 Å². The monoisotopic (exact) mass is 358 g/mol. The van der Waals surface area contributed by atoms with Gasteiger partial charge in [0.15, 0.2) is 1.41 Å². The van der Waals surface area contributed by atoms with Crippen molar-refractivity contribution in [3.8, 4) is 0 Å². The fourth-order valence-electron chi connectivity index (χ4n) is 4.54. The van der Waals surface area contributed by atoms with Crippen molar-refractivity contribution < 1.29 is 1.41 Å². The lowest BCUT2D eigenvalue weighted by Gasteiger charge is -2.32. The van der Waals surface area contributed by atoms with E-state index in [0.717, 1.165) is 22.1 Å². The van der Waals surface area contributed by atoms with E-state index in [1.807, 2.05) is 0 Å². The van der Waals surface area contributed by atoms with Gasteiger partial charge < -0.3 is 5.31 Å². The van der Waals surface area contributed by atoms with Gasteiger partial charge in [-0.1, -0.05) is 103 Å². The molecule has 6 rings (SSSR count). The lowest BCUT2D eigenvalue weighted by Crippen LogP contribution is -2.14. The van der Waals surface area contributed by atoms with Crippen LogP contribution in [0.25, 0.3) is 21.5 Å². The number of rotatable bonds is 1. The van der Waals surface area contributed by atoms with E-state index in [9.17, 15) is 1.41 Å². The zero-order chi connectivity index (χ0) is 19.4. The molecule has 1 aliphatic rings. The number of benzene rings is 5. The highest BCUT2D eigenvalue weighted by Crippen LogP contribution is 2.49. The van der Waals surface area contributed by atoms with Crippen molar-refractivity contribution in [2.45, 2.75) is 5.92 Å². The molecule has 0 atom stereocenters. The standard InChI is InChI=1S/C27H19N/c1-2-10-20(11-3-1)25-23-16-14-18-8-4-6-12-21(18)26(23)28-27-22-13-7-5-9-19(22)15-17-24(25)27/h1-17,25,28H/i/hD. The lowest BCUT2D eigenvalue weighted by molar-refractivity contribution is 0.971. The molecule has 5 aromatic rings.